The molecular weight excluding hydrogens is 332 g/mol. The van der Waals surface area contributed by atoms with Crippen molar-refractivity contribution in [3.63, 3.8) is 0 Å². The van der Waals surface area contributed by atoms with Crippen LogP contribution in [0.15, 0.2) is 29.4 Å². The lowest BCUT2D eigenvalue weighted by atomic mass is 10.1. The number of hydrogen-bond acceptors (Lipinski definition) is 4. The number of unbranched alkanes of at least 4 members (excludes halogenated alkanes) is 2. The van der Waals surface area contributed by atoms with Crippen LogP contribution in [0, 0.1) is 13.8 Å². The number of carbonyl (C=O) groups excluding carboxylic acids is 1. The number of carbonyl (C=O) groups is 1. The molecule has 1 unspecified atom stereocenters. The number of nitrogens with one attached hydrogen (secondary N) is 1. The Bertz CT molecular complexity index is 698. The van der Waals surface area contributed by atoms with Crippen LogP contribution in [-0.4, -0.2) is 32.5 Å². The highest BCUT2D eigenvalue weighted by molar-refractivity contribution is 7.99. The lowest BCUT2D eigenvalue weighted by Gasteiger charge is -2.14. The third-order valence-electron chi connectivity index (χ3n) is 4.13. The topological polar surface area (TPSA) is 59.8 Å². The van der Waals surface area contributed by atoms with E-state index in [-0.39, 0.29) is 11.9 Å². The van der Waals surface area contributed by atoms with Gasteiger partial charge in [-0.05, 0) is 38.8 Å². The molecule has 1 heterocycles. The van der Waals surface area contributed by atoms with Crippen molar-refractivity contribution in [2.75, 3.05) is 5.75 Å². The highest BCUT2D eigenvalue weighted by atomic mass is 32.2. The van der Waals surface area contributed by atoms with Crippen LogP contribution in [0.2, 0.25) is 0 Å². The van der Waals surface area contributed by atoms with Crippen molar-refractivity contribution in [1.82, 2.24) is 20.1 Å². The Morgan fingerprint density at radius 3 is 2.72 bits per heavy atom. The first-order valence-corrected chi connectivity index (χ1v) is 9.91. The summed E-state index contributed by atoms with van der Waals surface area (Å²) in [7, 11) is 0. The van der Waals surface area contributed by atoms with Crippen LogP contribution in [-0.2, 0) is 4.79 Å². The molecule has 0 aliphatic rings. The maximum atomic E-state index is 12.2. The van der Waals surface area contributed by atoms with Gasteiger partial charge in [-0.15, -0.1) is 10.2 Å². The largest absolute Gasteiger partial charge is 0.353 e. The summed E-state index contributed by atoms with van der Waals surface area (Å²) >= 11 is 1.43. The molecule has 136 valence electrons. The number of rotatable bonds is 9. The summed E-state index contributed by atoms with van der Waals surface area (Å²) < 4.78 is 2.01. The Kier molecular flexibility index (Phi) is 7.50. The van der Waals surface area contributed by atoms with E-state index in [0.29, 0.717) is 5.75 Å². The van der Waals surface area contributed by atoms with Crippen molar-refractivity contribution < 1.29 is 4.79 Å². The molecule has 25 heavy (non-hydrogen) atoms. The summed E-state index contributed by atoms with van der Waals surface area (Å²) in [5.41, 5.74) is 2.21. The molecule has 1 amide bonds. The Morgan fingerprint density at radius 1 is 1.24 bits per heavy atom. The van der Waals surface area contributed by atoms with Gasteiger partial charge >= 0.3 is 0 Å². The van der Waals surface area contributed by atoms with Gasteiger partial charge in [0, 0.05) is 6.04 Å². The zero-order valence-electron chi connectivity index (χ0n) is 15.6. The van der Waals surface area contributed by atoms with Gasteiger partial charge < -0.3 is 5.32 Å². The standard InChI is InChI=1S/C19H28N4OS/c1-5-6-7-11-15(3)20-18(24)13-25-19-22-21-16(4)23(19)17-12-9-8-10-14(17)2/h8-10,12,15H,5-7,11,13H2,1-4H3,(H,20,24). The maximum Gasteiger partial charge on any atom is 0.230 e. The van der Waals surface area contributed by atoms with Crippen LogP contribution >= 0.6 is 11.8 Å². The lowest BCUT2D eigenvalue weighted by molar-refractivity contribution is -0.119. The summed E-state index contributed by atoms with van der Waals surface area (Å²) in [4.78, 5) is 12.2. The molecule has 0 saturated carbocycles. The fourth-order valence-corrected chi connectivity index (χ4v) is 3.55. The van der Waals surface area contributed by atoms with Crippen molar-refractivity contribution in [1.29, 1.82) is 0 Å². The second-order valence-electron chi connectivity index (χ2n) is 6.40. The van der Waals surface area contributed by atoms with Gasteiger partial charge in [0.2, 0.25) is 5.91 Å². The van der Waals surface area contributed by atoms with Crippen LogP contribution in [0.5, 0.6) is 0 Å². The quantitative estimate of drug-likeness (QED) is 0.541. The van der Waals surface area contributed by atoms with Gasteiger partial charge in [0.05, 0.1) is 11.4 Å². The highest BCUT2D eigenvalue weighted by Crippen LogP contribution is 2.23. The molecule has 0 fully saturated rings. The van der Waals surface area contributed by atoms with E-state index in [2.05, 4.69) is 42.4 Å². The van der Waals surface area contributed by atoms with Crippen LogP contribution in [0.3, 0.4) is 0 Å². The molecule has 1 N–H and O–H groups in total. The van der Waals surface area contributed by atoms with E-state index in [4.69, 9.17) is 0 Å². The summed E-state index contributed by atoms with van der Waals surface area (Å²) in [6.45, 7) is 8.25. The molecule has 0 aliphatic heterocycles. The number of nitrogens with zero attached hydrogens (tertiary/aromatic N) is 3. The number of aryl methyl sites for hydroxylation is 2. The SMILES string of the molecule is CCCCCC(C)NC(=O)CSc1nnc(C)n1-c1ccccc1C. The predicted molar refractivity (Wildman–Crippen MR) is 103 cm³/mol. The van der Waals surface area contributed by atoms with Crippen LogP contribution in [0.4, 0.5) is 0 Å². The van der Waals surface area contributed by atoms with Gasteiger partial charge in [-0.1, -0.05) is 56.1 Å². The van der Waals surface area contributed by atoms with E-state index in [1.807, 2.05) is 29.7 Å². The van der Waals surface area contributed by atoms with Crippen LogP contribution in [0.25, 0.3) is 5.69 Å². The van der Waals surface area contributed by atoms with E-state index in [1.54, 1.807) is 0 Å². The molecule has 0 spiro atoms. The highest BCUT2D eigenvalue weighted by Gasteiger charge is 2.15. The molecule has 1 aromatic carbocycles. The molecule has 6 heteroatoms. The number of benzene rings is 1. The molecule has 2 rings (SSSR count). The first-order valence-electron chi connectivity index (χ1n) is 8.93. The fourth-order valence-electron chi connectivity index (χ4n) is 2.75. The van der Waals surface area contributed by atoms with E-state index >= 15 is 0 Å². The number of para-hydroxylation sites is 1. The monoisotopic (exact) mass is 360 g/mol. The van der Waals surface area contributed by atoms with E-state index in [9.17, 15) is 4.79 Å². The second-order valence-corrected chi connectivity index (χ2v) is 7.35. The van der Waals surface area contributed by atoms with Crippen LogP contribution < -0.4 is 5.32 Å². The molecule has 0 aliphatic carbocycles. The second kappa shape index (κ2) is 9.61. The molecule has 0 saturated heterocycles. The van der Waals surface area contributed by atoms with Gasteiger partial charge in [0.15, 0.2) is 5.16 Å². The zero-order valence-corrected chi connectivity index (χ0v) is 16.4. The van der Waals surface area contributed by atoms with Crippen molar-refractivity contribution in [2.24, 2.45) is 0 Å². The lowest BCUT2D eigenvalue weighted by Crippen LogP contribution is -2.33. The third-order valence-corrected chi connectivity index (χ3v) is 5.06. The molecule has 5 nitrogen and oxygen atoms in total. The van der Waals surface area contributed by atoms with Gasteiger partial charge in [0.1, 0.15) is 5.82 Å². The van der Waals surface area contributed by atoms with Crippen molar-refractivity contribution in [3.8, 4) is 5.69 Å². The van der Waals surface area contributed by atoms with Gasteiger partial charge in [-0.3, -0.25) is 9.36 Å². The molecule has 1 aromatic heterocycles. The third kappa shape index (κ3) is 5.59. The minimum absolute atomic E-state index is 0.0472. The van der Waals surface area contributed by atoms with Crippen molar-refractivity contribution >= 4 is 17.7 Å². The molecular formula is C19H28N4OS. The Labute approximate surface area is 154 Å². The summed E-state index contributed by atoms with van der Waals surface area (Å²) in [5.74, 6) is 1.22. The summed E-state index contributed by atoms with van der Waals surface area (Å²) in [6.07, 6.45) is 4.60. The minimum Gasteiger partial charge on any atom is -0.353 e. The summed E-state index contributed by atoms with van der Waals surface area (Å²) in [6, 6.07) is 8.34. The smallest absolute Gasteiger partial charge is 0.230 e. The Balaban J connectivity index is 1.96. The zero-order chi connectivity index (χ0) is 18.2. The number of hydrogen-bond donors (Lipinski definition) is 1. The number of thioether (sulfide) groups is 1. The van der Waals surface area contributed by atoms with Gasteiger partial charge in [0.25, 0.3) is 0 Å². The number of aromatic nitrogens is 3. The Hall–Kier alpha value is -1.82. The number of amides is 1. The normalized spacial score (nSPS) is 12.2. The Morgan fingerprint density at radius 2 is 2.00 bits per heavy atom. The van der Waals surface area contributed by atoms with Gasteiger partial charge in [-0.2, -0.15) is 0 Å². The average molecular weight is 361 g/mol. The van der Waals surface area contributed by atoms with E-state index in [1.165, 1.54) is 24.6 Å². The maximum absolute atomic E-state index is 12.2. The predicted octanol–water partition coefficient (Wildman–Crippen LogP) is 4.06. The van der Waals surface area contributed by atoms with E-state index < -0.39 is 0 Å². The van der Waals surface area contributed by atoms with E-state index in [0.717, 1.165) is 35.1 Å². The first-order chi connectivity index (χ1) is 12.0. The molecule has 2 aromatic rings. The summed E-state index contributed by atoms with van der Waals surface area (Å²) in [5, 5.41) is 12.2. The van der Waals surface area contributed by atoms with Crippen molar-refractivity contribution in [3.05, 3.63) is 35.7 Å². The molecule has 0 bridgehead atoms. The fraction of sp³-hybridized carbons (Fsp3) is 0.526. The van der Waals surface area contributed by atoms with Crippen molar-refractivity contribution in [2.45, 2.75) is 64.6 Å². The van der Waals surface area contributed by atoms with Gasteiger partial charge in [-0.25, -0.2) is 0 Å². The first kappa shape index (κ1) is 19.5. The molecule has 0 radical (unpaired) electrons. The molecule has 1 atom stereocenters. The average Bonchev–Trinajstić information content (AvgIpc) is 2.94. The minimum atomic E-state index is 0.0472. The van der Waals surface area contributed by atoms with Crippen LogP contribution in [0.1, 0.15) is 50.9 Å².